The first-order valence-corrected chi connectivity index (χ1v) is 9.05. The summed E-state index contributed by atoms with van der Waals surface area (Å²) in [6.45, 7) is 0. The number of amides is 3. The van der Waals surface area contributed by atoms with Gasteiger partial charge >= 0.3 is 0 Å². The number of nitrogens with zero attached hydrogens (tertiary/aromatic N) is 1. The van der Waals surface area contributed by atoms with Gasteiger partial charge < -0.3 is 10.6 Å². The van der Waals surface area contributed by atoms with Crippen LogP contribution < -0.4 is 10.6 Å². The zero-order valence-corrected chi connectivity index (χ0v) is 14.7. The Bertz CT molecular complexity index is 838. The SMILES string of the molecule is O=C(CSC1=NC(=O)[C@@H](Cc2ccccc2)C(=O)N1)Nc1ccccc1. The normalized spacial score (nSPS) is 16.6. The number of carbonyl (C=O) groups is 3. The highest BCUT2D eigenvalue weighted by Gasteiger charge is 2.32. The van der Waals surface area contributed by atoms with Crippen molar-refractivity contribution < 1.29 is 14.4 Å². The van der Waals surface area contributed by atoms with Crippen LogP contribution in [0.5, 0.6) is 0 Å². The Labute approximate surface area is 155 Å². The minimum Gasteiger partial charge on any atom is -0.325 e. The number of aliphatic imine (C=N–C) groups is 1. The minimum absolute atomic E-state index is 0.0463. The largest absolute Gasteiger partial charge is 0.325 e. The number of anilines is 1. The van der Waals surface area contributed by atoms with Crippen LogP contribution in [0.4, 0.5) is 5.69 Å². The fourth-order valence-electron chi connectivity index (χ4n) is 2.46. The van der Waals surface area contributed by atoms with Gasteiger partial charge in [-0.05, 0) is 24.1 Å². The van der Waals surface area contributed by atoms with Crippen molar-refractivity contribution >= 4 is 40.3 Å². The second-order valence-electron chi connectivity index (χ2n) is 5.69. The van der Waals surface area contributed by atoms with Crippen LogP contribution in [0.25, 0.3) is 0 Å². The van der Waals surface area contributed by atoms with E-state index in [1.54, 1.807) is 12.1 Å². The number of hydrogen-bond acceptors (Lipinski definition) is 4. The smallest absolute Gasteiger partial charge is 0.261 e. The Morgan fingerprint density at radius 3 is 2.35 bits per heavy atom. The molecule has 2 aromatic carbocycles. The number of nitrogens with one attached hydrogen (secondary N) is 2. The van der Waals surface area contributed by atoms with E-state index in [2.05, 4.69) is 15.6 Å². The summed E-state index contributed by atoms with van der Waals surface area (Å²) in [6.07, 6.45) is 0.307. The molecule has 0 fully saturated rings. The lowest BCUT2D eigenvalue weighted by Crippen LogP contribution is -2.44. The molecular formula is C19H17N3O3S. The highest BCUT2D eigenvalue weighted by Crippen LogP contribution is 2.17. The summed E-state index contributed by atoms with van der Waals surface area (Å²) in [4.78, 5) is 40.3. The summed E-state index contributed by atoms with van der Waals surface area (Å²) in [7, 11) is 0. The monoisotopic (exact) mass is 367 g/mol. The number of amidine groups is 1. The fraction of sp³-hybridized carbons (Fsp3) is 0.158. The van der Waals surface area contributed by atoms with Gasteiger partial charge in [-0.1, -0.05) is 60.3 Å². The van der Waals surface area contributed by atoms with Crippen LogP contribution in [0.2, 0.25) is 0 Å². The van der Waals surface area contributed by atoms with Crippen LogP contribution in [0, 0.1) is 5.92 Å². The molecule has 1 aliphatic heterocycles. The summed E-state index contributed by atoms with van der Waals surface area (Å²) < 4.78 is 0. The van der Waals surface area contributed by atoms with Gasteiger partial charge in [-0.15, -0.1) is 0 Å². The molecule has 1 heterocycles. The molecule has 2 N–H and O–H groups in total. The predicted molar refractivity (Wildman–Crippen MR) is 102 cm³/mol. The standard InChI is InChI=1S/C19H17N3O3S/c23-16(20-14-9-5-2-6-10-14)12-26-19-21-17(24)15(18(25)22-19)11-13-7-3-1-4-8-13/h1-10,15H,11-12H2,(H,20,23)(H,21,22,24,25). The molecule has 6 nitrogen and oxygen atoms in total. The molecular weight excluding hydrogens is 350 g/mol. The average molecular weight is 367 g/mol. The van der Waals surface area contributed by atoms with Gasteiger partial charge in [0.1, 0.15) is 5.92 Å². The van der Waals surface area contributed by atoms with Crippen molar-refractivity contribution in [2.24, 2.45) is 10.9 Å². The molecule has 26 heavy (non-hydrogen) atoms. The molecule has 0 unspecified atom stereocenters. The van der Waals surface area contributed by atoms with E-state index < -0.39 is 11.8 Å². The third kappa shape index (κ3) is 4.80. The van der Waals surface area contributed by atoms with Crippen LogP contribution in [-0.4, -0.2) is 28.6 Å². The van der Waals surface area contributed by atoms with Crippen LogP contribution in [0.3, 0.4) is 0 Å². The van der Waals surface area contributed by atoms with Gasteiger partial charge in [0.2, 0.25) is 11.8 Å². The van der Waals surface area contributed by atoms with E-state index in [9.17, 15) is 14.4 Å². The summed E-state index contributed by atoms with van der Waals surface area (Å²) >= 11 is 1.03. The molecule has 0 aromatic heterocycles. The highest BCUT2D eigenvalue weighted by molar-refractivity contribution is 8.14. The van der Waals surface area contributed by atoms with Crippen molar-refractivity contribution in [1.29, 1.82) is 0 Å². The number of benzene rings is 2. The second-order valence-corrected chi connectivity index (χ2v) is 6.65. The number of hydrogen-bond donors (Lipinski definition) is 2. The number of rotatable bonds is 5. The molecule has 0 spiro atoms. The molecule has 3 rings (SSSR count). The molecule has 132 valence electrons. The van der Waals surface area contributed by atoms with Crippen LogP contribution >= 0.6 is 11.8 Å². The molecule has 3 amide bonds. The number of thioether (sulfide) groups is 1. The Kier molecular flexibility index (Phi) is 5.80. The van der Waals surface area contributed by atoms with E-state index in [1.165, 1.54) is 0 Å². The second kappa shape index (κ2) is 8.44. The van der Waals surface area contributed by atoms with Gasteiger partial charge in [0.05, 0.1) is 5.75 Å². The summed E-state index contributed by atoms with van der Waals surface area (Å²) in [5.41, 5.74) is 1.58. The lowest BCUT2D eigenvalue weighted by Gasteiger charge is -2.19. The molecule has 1 atom stereocenters. The van der Waals surface area contributed by atoms with Gasteiger partial charge in [-0.2, -0.15) is 4.99 Å². The van der Waals surface area contributed by atoms with E-state index in [1.807, 2.05) is 48.5 Å². The van der Waals surface area contributed by atoms with E-state index in [0.29, 0.717) is 12.1 Å². The van der Waals surface area contributed by atoms with Crippen molar-refractivity contribution in [3.63, 3.8) is 0 Å². The van der Waals surface area contributed by atoms with Crippen molar-refractivity contribution in [2.75, 3.05) is 11.1 Å². The van der Waals surface area contributed by atoms with Crippen LogP contribution in [0.15, 0.2) is 65.7 Å². The van der Waals surface area contributed by atoms with E-state index in [4.69, 9.17) is 0 Å². The maximum Gasteiger partial charge on any atom is 0.261 e. The first-order chi connectivity index (χ1) is 12.6. The zero-order chi connectivity index (χ0) is 18.4. The average Bonchev–Trinajstić information content (AvgIpc) is 2.65. The highest BCUT2D eigenvalue weighted by atomic mass is 32.2. The van der Waals surface area contributed by atoms with Gasteiger partial charge in [0, 0.05) is 5.69 Å². The Morgan fingerprint density at radius 1 is 1.04 bits per heavy atom. The van der Waals surface area contributed by atoms with Gasteiger partial charge in [0.15, 0.2) is 5.17 Å². The number of carbonyl (C=O) groups excluding carboxylic acids is 3. The van der Waals surface area contributed by atoms with Gasteiger partial charge in [0.25, 0.3) is 5.91 Å². The molecule has 0 saturated heterocycles. The predicted octanol–water partition coefficient (Wildman–Crippen LogP) is 2.23. The first-order valence-electron chi connectivity index (χ1n) is 8.07. The van der Waals surface area contributed by atoms with E-state index >= 15 is 0 Å². The van der Waals surface area contributed by atoms with Crippen LogP contribution in [0.1, 0.15) is 5.56 Å². The van der Waals surface area contributed by atoms with Gasteiger partial charge in [-0.3, -0.25) is 14.4 Å². The quantitative estimate of drug-likeness (QED) is 0.794. The lowest BCUT2D eigenvalue weighted by atomic mass is 9.97. The first kappa shape index (κ1) is 17.9. The summed E-state index contributed by atoms with van der Waals surface area (Å²) in [6, 6.07) is 18.4. The van der Waals surface area contributed by atoms with E-state index in [-0.39, 0.29) is 22.7 Å². The third-order valence-corrected chi connectivity index (χ3v) is 4.61. The van der Waals surface area contributed by atoms with Gasteiger partial charge in [-0.25, -0.2) is 0 Å². The Morgan fingerprint density at radius 2 is 1.69 bits per heavy atom. The Hall–Kier alpha value is -2.93. The number of para-hydroxylation sites is 1. The fourth-order valence-corrected chi connectivity index (χ4v) is 3.13. The molecule has 0 radical (unpaired) electrons. The lowest BCUT2D eigenvalue weighted by molar-refractivity contribution is -0.133. The van der Waals surface area contributed by atoms with E-state index in [0.717, 1.165) is 17.3 Å². The molecule has 2 aromatic rings. The molecule has 7 heteroatoms. The molecule has 0 saturated carbocycles. The third-order valence-electron chi connectivity index (χ3n) is 3.74. The summed E-state index contributed by atoms with van der Waals surface area (Å²) in [5, 5.41) is 5.50. The Balaban J connectivity index is 1.55. The zero-order valence-electron chi connectivity index (χ0n) is 13.8. The van der Waals surface area contributed by atoms with Crippen molar-refractivity contribution in [3.05, 3.63) is 66.2 Å². The topological polar surface area (TPSA) is 87.6 Å². The molecule has 0 aliphatic carbocycles. The molecule has 0 bridgehead atoms. The van der Waals surface area contributed by atoms with Crippen molar-refractivity contribution in [3.8, 4) is 0 Å². The molecule has 1 aliphatic rings. The maximum atomic E-state index is 12.2. The minimum atomic E-state index is -0.833. The van der Waals surface area contributed by atoms with Crippen molar-refractivity contribution in [2.45, 2.75) is 6.42 Å². The van der Waals surface area contributed by atoms with Crippen LogP contribution in [-0.2, 0) is 20.8 Å². The van der Waals surface area contributed by atoms with Crippen molar-refractivity contribution in [1.82, 2.24) is 5.32 Å². The maximum absolute atomic E-state index is 12.2. The summed E-state index contributed by atoms with van der Waals surface area (Å²) in [5.74, 6) is -1.90.